The molecule has 1 aliphatic rings. The summed E-state index contributed by atoms with van der Waals surface area (Å²) in [6.07, 6.45) is -0.145. The van der Waals surface area contributed by atoms with E-state index in [1.54, 1.807) is 12.1 Å². The Balaban J connectivity index is 1.89. The van der Waals surface area contributed by atoms with Gasteiger partial charge in [-0.3, -0.25) is 4.79 Å². The van der Waals surface area contributed by atoms with Crippen molar-refractivity contribution in [2.45, 2.75) is 19.1 Å². The topological polar surface area (TPSA) is 57.2 Å². The molecule has 2 aromatic rings. The van der Waals surface area contributed by atoms with Crippen LogP contribution in [-0.2, 0) is 4.74 Å². The van der Waals surface area contributed by atoms with Gasteiger partial charge in [-0.05, 0) is 24.6 Å². The zero-order chi connectivity index (χ0) is 19.4. The van der Waals surface area contributed by atoms with Crippen molar-refractivity contribution in [3.63, 3.8) is 0 Å². The molecule has 144 valence electrons. The maximum Gasteiger partial charge on any atom is 0.254 e. The number of methoxy groups -OCH3 is 3. The third-order valence-corrected chi connectivity index (χ3v) is 4.78. The SMILES string of the molecule is COc1cc(C(=O)N2CC(c3ccccc3)OCC2C)cc(OC)c1OC. The highest BCUT2D eigenvalue weighted by atomic mass is 16.5. The van der Waals surface area contributed by atoms with Crippen LogP contribution < -0.4 is 14.2 Å². The smallest absolute Gasteiger partial charge is 0.254 e. The minimum Gasteiger partial charge on any atom is -0.493 e. The fourth-order valence-electron chi connectivity index (χ4n) is 3.28. The quantitative estimate of drug-likeness (QED) is 0.807. The van der Waals surface area contributed by atoms with Gasteiger partial charge >= 0.3 is 0 Å². The van der Waals surface area contributed by atoms with Gasteiger partial charge in [0.15, 0.2) is 11.5 Å². The van der Waals surface area contributed by atoms with Gasteiger partial charge in [-0.25, -0.2) is 0 Å². The van der Waals surface area contributed by atoms with Crippen molar-refractivity contribution >= 4 is 5.91 Å². The molecule has 0 aliphatic carbocycles. The summed E-state index contributed by atoms with van der Waals surface area (Å²) in [4.78, 5) is 15.1. The van der Waals surface area contributed by atoms with Crippen LogP contribution >= 0.6 is 0 Å². The molecule has 6 heteroatoms. The first-order valence-corrected chi connectivity index (χ1v) is 8.86. The minimum atomic E-state index is -0.145. The molecule has 0 bridgehead atoms. The lowest BCUT2D eigenvalue weighted by molar-refractivity contribution is -0.0486. The molecule has 0 radical (unpaired) electrons. The number of benzene rings is 2. The summed E-state index contributed by atoms with van der Waals surface area (Å²) in [7, 11) is 4.61. The molecule has 1 saturated heterocycles. The number of hydrogen-bond donors (Lipinski definition) is 0. The average molecular weight is 371 g/mol. The zero-order valence-corrected chi connectivity index (χ0v) is 16.1. The minimum absolute atomic E-state index is 0.0310. The molecule has 27 heavy (non-hydrogen) atoms. The third-order valence-electron chi connectivity index (χ3n) is 4.78. The summed E-state index contributed by atoms with van der Waals surface area (Å²) in [5.41, 5.74) is 1.55. The predicted octanol–water partition coefficient (Wildman–Crippen LogP) is 3.31. The van der Waals surface area contributed by atoms with Crippen molar-refractivity contribution in [1.29, 1.82) is 0 Å². The Morgan fingerprint density at radius 2 is 1.67 bits per heavy atom. The zero-order valence-electron chi connectivity index (χ0n) is 16.1. The molecule has 0 N–H and O–H groups in total. The van der Waals surface area contributed by atoms with Crippen LogP contribution in [0.3, 0.4) is 0 Å². The van der Waals surface area contributed by atoms with Crippen molar-refractivity contribution in [3.05, 3.63) is 53.6 Å². The summed E-state index contributed by atoms with van der Waals surface area (Å²) >= 11 is 0. The maximum atomic E-state index is 13.2. The first-order chi connectivity index (χ1) is 13.1. The van der Waals surface area contributed by atoms with E-state index in [1.807, 2.05) is 42.2 Å². The number of amides is 1. The number of hydrogen-bond acceptors (Lipinski definition) is 5. The average Bonchev–Trinajstić information content (AvgIpc) is 2.73. The van der Waals surface area contributed by atoms with Crippen LogP contribution in [0.25, 0.3) is 0 Å². The Bertz CT molecular complexity index is 767. The third kappa shape index (κ3) is 3.85. The molecule has 2 aromatic carbocycles. The van der Waals surface area contributed by atoms with Gasteiger partial charge in [0, 0.05) is 5.56 Å². The van der Waals surface area contributed by atoms with Crippen LogP contribution in [0.1, 0.15) is 28.9 Å². The van der Waals surface area contributed by atoms with Crippen molar-refractivity contribution < 1.29 is 23.7 Å². The Morgan fingerprint density at radius 1 is 1.04 bits per heavy atom. The lowest BCUT2D eigenvalue weighted by Gasteiger charge is -2.38. The second-order valence-corrected chi connectivity index (χ2v) is 6.45. The Kier molecular flexibility index (Phi) is 5.86. The lowest BCUT2D eigenvalue weighted by atomic mass is 10.0. The maximum absolute atomic E-state index is 13.2. The highest BCUT2D eigenvalue weighted by Crippen LogP contribution is 2.39. The summed E-state index contributed by atoms with van der Waals surface area (Å²) < 4.78 is 22.0. The van der Waals surface area contributed by atoms with Crippen molar-refractivity contribution in [2.75, 3.05) is 34.5 Å². The van der Waals surface area contributed by atoms with E-state index in [1.165, 1.54) is 21.3 Å². The Hall–Kier alpha value is -2.73. The number of morpholine rings is 1. The van der Waals surface area contributed by atoms with Gasteiger partial charge in [0.2, 0.25) is 5.75 Å². The second-order valence-electron chi connectivity index (χ2n) is 6.45. The number of nitrogens with zero attached hydrogens (tertiary/aromatic N) is 1. The Morgan fingerprint density at radius 3 is 2.22 bits per heavy atom. The number of carbonyl (C=O) groups excluding carboxylic acids is 1. The van der Waals surface area contributed by atoms with Crippen molar-refractivity contribution in [3.8, 4) is 17.2 Å². The molecule has 0 aromatic heterocycles. The van der Waals surface area contributed by atoms with Gasteiger partial charge < -0.3 is 23.8 Å². The summed E-state index contributed by atoms with van der Waals surface area (Å²) in [6.45, 7) is 2.95. The normalized spacial score (nSPS) is 19.5. The van der Waals surface area contributed by atoms with Crippen LogP contribution in [0, 0.1) is 0 Å². The number of carbonyl (C=O) groups is 1. The van der Waals surface area contributed by atoms with Crippen LogP contribution in [-0.4, -0.2) is 51.3 Å². The van der Waals surface area contributed by atoms with E-state index >= 15 is 0 Å². The largest absolute Gasteiger partial charge is 0.493 e. The fraction of sp³-hybridized carbons (Fsp3) is 0.381. The molecule has 1 amide bonds. The molecule has 6 nitrogen and oxygen atoms in total. The number of rotatable bonds is 5. The first kappa shape index (κ1) is 19.0. The van der Waals surface area contributed by atoms with Crippen molar-refractivity contribution in [1.82, 2.24) is 4.90 Å². The van der Waals surface area contributed by atoms with Gasteiger partial charge in [-0.15, -0.1) is 0 Å². The Labute approximate surface area is 159 Å². The van der Waals surface area contributed by atoms with E-state index in [-0.39, 0.29) is 18.1 Å². The van der Waals surface area contributed by atoms with E-state index in [2.05, 4.69) is 0 Å². The van der Waals surface area contributed by atoms with E-state index < -0.39 is 0 Å². The molecule has 1 heterocycles. The van der Waals surface area contributed by atoms with Gasteiger partial charge in [-0.2, -0.15) is 0 Å². The van der Waals surface area contributed by atoms with Crippen LogP contribution in [0.15, 0.2) is 42.5 Å². The molecule has 0 saturated carbocycles. The monoisotopic (exact) mass is 371 g/mol. The summed E-state index contributed by atoms with van der Waals surface area (Å²) in [6, 6.07) is 13.3. The number of ether oxygens (including phenoxy) is 4. The molecule has 1 fully saturated rings. The summed E-state index contributed by atoms with van der Waals surface area (Å²) in [5.74, 6) is 1.29. The van der Waals surface area contributed by atoms with E-state index in [9.17, 15) is 4.79 Å². The van der Waals surface area contributed by atoms with Gasteiger partial charge in [0.25, 0.3) is 5.91 Å². The highest BCUT2D eigenvalue weighted by Gasteiger charge is 2.32. The molecular formula is C21H25NO5. The van der Waals surface area contributed by atoms with Gasteiger partial charge in [-0.1, -0.05) is 30.3 Å². The lowest BCUT2D eigenvalue weighted by Crippen LogP contribution is -2.48. The second kappa shape index (κ2) is 8.31. The molecular weight excluding hydrogens is 346 g/mol. The van der Waals surface area contributed by atoms with Gasteiger partial charge in [0.05, 0.1) is 40.5 Å². The van der Waals surface area contributed by atoms with E-state index in [4.69, 9.17) is 18.9 Å². The predicted molar refractivity (Wildman–Crippen MR) is 102 cm³/mol. The standard InChI is InChI=1S/C21H25NO5/c1-14-13-27-19(15-8-6-5-7-9-15)12-22(14)21(23)16-10-17(24-2)20(26-4)18(11-16)25-3/h5-11,14,19H,12-13H2,1-4H3. The van der Waals surface area contributed by atoms with Crippen LogP contribution in [0.5, 0.6) is 17.2 Å². The van der Waals surface area contributed by atoms with Gasteiger partial charge in [0.1, 0.15) is 6.10 Å². The van der Waals surface area contributed by atoms with E-state index in [0.717, 1.165) is 5.56 Å². The highest BCUT2D eigenvalue weighted by molar-refractivity contribution is 5.96. The molecule has 2 unspecified atom stereocenters. The first-order valence-electron chi connectivity index (χ1n) is 8.86. The fourth-order valence-corrected chi connectivity index (χ4v) is 3.28. The van der Waals surface area contributed by atoms with E-state index in [0.29, 0.717) is 36.0 Å². The van der Waals surface area contributed by atoms with Crippen LogP contribution in [0.2, 0.25) is 0 Å². The van der Waals surface area contributed by atoms with Crippen molar-refractivity contribution in [2.24, 2.45) is 0 Å². The summed E-state index contributed by atoms with van der Waals surface area (Å²) in [5, 5.41) is 0. The van der Waals surface area contributed by atoms with Crippen LogP contribution in [0.4, 0.5) is 0 Å². The molecule has 0 spiro atoms. The molecule has 1 aliphatic heterocycles. The molecule has 2 atom stereocenters. The molecule has 3 rings (SSSR count).